The van der Waals surface area contributed by atoms with E-state index in [0.29, 0.717) is 0 Å². The molecule has 0 aliphatic heterocycles. The molecular formula is C9H23NO2. The van der Waals surface area contributed by atoms with Crippen molar-refractivity contribution < 1.29 is 15.4 Å². The maximum absolute atomic E-state index is 2.32. The van der Waals surface area contributed by atoms with Gasteiger partial charge in [0, 0.05) is 0 Å². The zero-order chi connectivity index (χ0) is 7.61. The van der Waals surface area contributed by atoms with Gasteiger partial charge in [-0.15, -0.1) is 0 Å². The fraction of sp³-hybridized carbons (Fsp3) is 1.00. The van der Waals surface area contributed by atoms with Crippen LogP contribution in [-0.2, 0) is 0 Å². The van der Waals surface area contributed by atoms with E-state index in [1.54, 1.807) is 0 Å². The molecule has 0 amide bonds. The Morgan fingerprint density at radius 3 is 1.58 bits per heavy atom. The zero-order valence-electron chi connectivity index (χ0n) is 8.51. The minimum absolute atomic E-state index is 0. The molecule has 0 aromatic carbocycles. The van der Waals surface area contributed by atoms with Gasteiger partial charge in [-0.1, -0.05) is 6.42 Å². The van der Waals surface area contributed by atoms with Crippen molar-refractivity contribution in [2.24, 2.45) is 0 Å². The monoisotopic (exact) mass is 177 g/mol. The summed E-state index contributed by atoms with van der Waals surface area (Å²) in [6.07, 6.45) is 7.28. The molecule has 12 heavy (non-hydrogen) atoms. The molecular weight excluding hydrogens is 154 g/mol. The molecule has 1 aliphatic carbocycles. The number of hydrogen-bond donors (Lipinski definition) is 0. The summed E-state index contributed by atoms with van der Waals surface area (Å²) in [5, 5.41) is 0. The maximum Gasteiger partial charge on any atom is 0.0884 e. The quantitative estimate of drug-likeness (QED) is 0.552. The second kappa shape index (κ2) is 5.51. The summed E-state index contributed by atoms with van der Waals surface area (Å²) in [6.45, 7) is 0. The van der Waals surface area contributed by atoms with Crippen LogP contribution in [0.4, 0.5) is 0 Å². The lowest BCUT2D eigenvalue weighted by atomic mass is 9.94. The van der Waals surface area contributed by atoms with Crippen LogP contribution < -0.4 is 0 Å². The SMILES string of the molecule is C[N+](C)(C)C1CCCCC1.O.[OH-]. The number of rotatable bonds is 1. The van der Waals surface area contributed by atoms with Crippen molar-refractivity contribution in [3.63, 3.8) is 0 Å². The summed E-state index contributed by atoms with van der Waals surface area (Å²) in [5.74, 6) is 0. The van der Waals surface area contributed by atoms with E-state index in [0.717, 1.165) is 6.04 Å². The van der Waals surface area contributed by atoms with Crippen molar-refractivity contribution in [1.82, 2.24) is 0 Å². The van der Waals surface area contributed by atoms with Gasteiger partial charge < -0.3 is 15.4 Å². The molecule has 3 N–H and O–H groups in total. The second-order valence-corrected chi connectivity index (χ2v) is 4.41. The Balaban J connectivity index is 0. The standard InChI is InChI=1S/C9H20N.2H2O/c1-10(2,3)9-7-5-4-6-8-9;;/h9H,4-8H2,1-3H3;2*1H2/q+1;;/p-1. The highest BCUT2D eigenvalue weighted by atomic mass is 16.0. The van der Waals surface area contributed by atoms with E-state index in [2.05, 4.69) is 21.1 Å². The van der Waals surface area contributed by atoms with Gasteiger partial charge in [-0.2, -0.15) is 0 Å². The van der Waals surface area contributed by atoms with Crippen LogP contribution >= 0.6 is 0 Å². The molecule has 0 radical (unpaired) electrons. The van der Waals surface area contributed by atoms with Gasteiger partial charge in [0.05, 0.1) is 27.2 Å². The first-order chi connectivity index (χ1) is 4.61. The lowest BCUT2D eigenvalue weighted by molar-refractivity contribution is -0.897. The third kappa shape index (κ3) is 4.04. The zero-order valence-corrected chi connectivity index (χ0v) is 8.51. The highest BCUT2D eigenvalue weighted by Crippen LogP contribution is 2.23. The van der Waals surface area contributed by atoms with E-state index < -0.39 is 0 Å². The lowest BCUT2D eigenvalue weighted by Crippen LogP contribution is -2.45. The Kier molecular flexibility index (Phi) is 6.62. The predicted octanol–water partition coefficient (Wildman–Crippen LogP) is 1.02. The van der Waals surface area contributed by atoms with Gasteiger partial charge in [-0.05, 0) is 25.7 Å². The number of quaternary nitrogens is 1. The van der Waals surface area contributed by atoms with Crippen molar-refractivity contribution in [1.29, 1.82) is 0 Å². The summed E-state index contributed by atoms with van der Waals surface area (Å²) in [7, 11) is 6.95. The highest BCUT2D eigenvalue weighted by molar-refractivity contribution is 4.64. The Morgan fingerprint density at radius 2 is 1.33 bits per heavy atom. The van der Waals surface area contributed by atoms with Gasteiger partial charge in [-0.3, -0.25) is 0 Å². The molecule has 76 valence electrons. The molecule has 0 spiro atoms. The maximum atomic E-state index is 2.32. The van der Waals surface area contributed by atoms with E-state index in [-0.39, 0.29) is 11.0 Å². The summed E-state index contributed by atoms with van der Waals surface area (Å²) in [4.78, 5) is 0. The Morgan fingerprint density at radius 1 is 0.917 bits per heavy atom. The number of hydrogen-bond acceptors (Lipinski definition) is 1. The van der Waals surface area contributed by atoms with Crippen molar-refractivity contribution in [2.75, 3.05) is 21.1 Å². The smallest absolute Gasteiger partial charge is 0.0884 e. The topological polar surface area (TPSA) is 61.5 Å². The van der Waals surface area contributed by atoms with Crippen molar-refractivity contribution >= 4 is 0 Å². The van der Waals surface area contributed by atoms with Crippen LogP contribution in [0.15, 0.2) is 0 Å². The Hall–Kier alpha value is -0.120. The third-order valence-electron chi connectivity index (χ3n) is 2.67. The fourth-order valence-electron chi connectivity index (χ4n) is 1.86. The molecule has 0 aromatic heterocycles. The lowest BCUT2D eigenvalue weighted by Gasteiger charge is -2.36. The van der Waals surface area contributed by atoms with E-state index in [1.807, 2.05) is 0 Å². The van der Waals surface area contributed by atoms with E-state index in [1.165, 1.54) is 36.6 Å². The normalized spacial score (nSPS) is 19.2. The van der Waals surface area contributed by atoms with Gasteiger partial charge in [0.2, 0.25) is 0 Å². The summed E-state index contributed by atoms with van der Waals surface area (Å²) < 4.78 is 1.17. The third-order valence-corrected chi connectivity index (χ3v) is 2.67. The van der Waals surface area contributed by atoms with Crippen LogP contribution in [-0.4, -0.2) is 42.6 Å². The fourth-order valence-corrected chi connectivity index (χ4v) is 1.86. The van der Waals surface area contributed by atoms with Crippen molar-refractivity contribution in [2.45, 2.75) is 38.1 Å². The molecule has 1 fully saturated rings. The molecule has 0 heterocycles. The van der Waals surface area contributed by atoms with E-state index in [9.17, 15) is 0 Å². The van der Waals surface area contributed by atoms with Crippen molar-refractivity contribution in [3.05, 3.63) is 0 Å². The first kappa shape index (κ1) is 14.4. The van der Waals surface area contributed by atoms with Gasteiger partial charge >= 0.3 is 0 Å². The van der Waals surface area contributed by atoms with Crippen LogP contribution in [0.1, 0.15) is 32.1 Å². The molecule has 3 heteroatoms. The van der Waals surface area contributed by atoms with Gasteiger partial charge in [-0.25, -0.2) is 0 Å². The van der Waals surface area contributed by atoms with Crippen LogP contribution in [0.2, 0.25) is 0 Å². The van der Waals surface area contributed by atoms with Crippen LogP contribution in [0.25, 0.3) is 0 Å². The molecule has 1 aliphatic rings. The molecule has 1 saturated carbocycles. The van der Waals surface area contributed by atoms with Crippen LogP contribution in [0, 0.1) is 0 Å². The van der Waals surface area contributed by atoms with Gasteiger partial charge in [0.25, 0.3) is 0 Å². The molecule has 0 saturated heterocycles. The molecule has 0 atom stereocenters. The summed E-state index contributed by atoms with van der Waals surface area (Å²) in [6, 6.07) is 0.939. The molecule has 0 unspecified atom stereocenters. The Bertz CT molecular complexity index is 104. The minimum atomic E-state index is 0. The molecule has 0 bridgehead atoms. The largest absolute Gasteiger partial charge is 0.870 e. The summed E-state index contributed by atoms with van der Waals surface area (Å²) >= 11 is 0. The first-order valence-electron chi connectivity index (χ1n) is 4.42. The number of nitrogens with zero attached hydrogens (tertiary/aromatic N) is 1. The van der Waals surface area contributed by atoms with Gasteiger partial charge in [0.15, 0.2) is 0 Å². The van der Waals surface area contributed by atoms with E-state index >= 15 is 0 Å². The molecule has 1 rings (SSSR count). The first-order valence-corrected chi connectivity index (χ1v) is 4.42. The minimum Gasteiger partial charge on any atom is -0.870 e. The molecule has 3 nitrogen and oxygen atoms in total. The highest BCUT2D eigenvalue weighted by Gasteiger charge is 2.24. The summed E-state index contributed by atoms with van der Waals surface area (Å²) in [5.41, 5.74) is 0. The van der Waals surface area contributed by atoms with E-state index in [4.69, 9.17) is 0 Å². The van der Waals surface area contributed by atoms with Crippen molar-refractivity contribution in [3.8, 4) is 0 Å². The molecule has 0 aromatic rings. The Labute approximate surface area is 75.6 Å². The van der Waals surface area contributed by atoms with Gasteiger partial charge in [0.1, 0.15) is 0 Å². The average molecular weight is 177 g/mol. The van der Waals surface area contributed by atoms with Crippen LogP contribution in [0.5, 0.6) is 0 Å². The predicted molar refractivity (Wildman–Crippen MR) is 50.5 cm³/mol. The average Bonchev–Trinajstić information content (AvgIpc) is 1.88. The van der Waals surface area contributed by atoms with Crippen LogP contribution in [0.3, 0.4) is 0 Å². The second-order valence-electron chi connectivity index (χ2n) is 4.41.